The summed E-state index contributed by atoms with van der Waals surface area (Å²) in [7, 11) is 1.86. The smallest absolute Gasteiger partial charge is 0.100 e. The lowest BCUT2D eigenvalue weighted by Crippen LogP contribution is -2.12. The zero-order valence-corrected chi connectivity index (χ0v) is 10.6. The molecule has 5 unspecified atom stereocenters. The van der Waals surface area contributed by atoms with Gasteiger partial charge in [0.1, 0.15) is 6.10 Å². The SMILES string of the molecule is Cn1ncc(Cl)c1C(O)C1C2C3CCC(C3)C21. The Hall–Kier alpha value is -0.540. The van der Waals surface area contributed by atoms with Gasteiger partial charge in [0.05, 0.1) is 16.9 Å². The lowest BCUT2D eigenvalue weighted by molar-refractivity contribution is 0.121. The Labute approximate surface area is 106 Å². The van der Waals surface area contributed by atoms with E-state index in [1.165, 1.54) is 19.3 Å². The van der Waals surface area contributed by atoms with Crippen LogP contribution in [0.1, 0.15) is 31.1 Å². The maximum atomic E-state index is 10.5. The highest BCUT2D eigenvalue weighted by atomic mass is 35.5. The Kier molecular flexibility index (Phi) is 2.00. The summed E-state index contributed by atoms with van der Waals surface area (Å²) < 4.78 is 1.73. The molecule has 0 radical (unpaired) electrons. The molecule has 3 saturated carbocycles. The van der Waals surface area contributed by atoms with Crippen molar-refractivity contribution < 1.29 is 5.11 Å². The number of aliphatic hydroxyl groups excluding tert-OH is 1. The van der Waals surface area contributed by atoms with Gasteiger partial charge in [-0.2, -0.15) is 5.10 Å². The largest absolute Gasteiger partial charge is 0.386 e. The molecule has 1 aromatic heterocycles. The molecular weight excluding hydrogens is 236 g/mol. The third-order valence-electron chi connectivity index (χ3n) is 5.38. The number of aliphatic hydroxyl groups is 1. The summed E-state index contributed by atoms with van der Waals surface area (Å²) in [4.78, 5) is 0. The molecule has 0 aliphatic heterocycles. The predicted molar refractivity (Wildman–Crippen MR) is 64.5 cm³/mol. The zero-order valence-electron chi connectivity index (χ0n) is 9.88. The second kappa shape index (κ2) is 3.27. The second-order valence-corrected chi connectivity index (χ2v) is 6.42. The monoisotopic (exact) mass is 252 g/mol. The van der Waals surface area contributed by atoms with E-state index in [0.717, 1.165) is 29.4 Å². The van der Waals surface area contributed by atoms with Gasteiger partial charge in [0, 0.05) is 7.05 Å². The average molecular weight is 253 g/mol. The molecule has 92 valence electrons. The highest BCUT2D eigenvalue weighted by Crippen LogP contribution is 2.72. The summed E-state index contributed by atoms with van der Waals surface area (Å²) in [5.41, 5.74) is 0.811. The highest BCUT2D eigenvalue weighted by Gasteiger charge is 2.67. The Morgan fingerprint density at radius 3 is 2.59 bits per heavy atom. The number of aryl methyl sites for hydroxylation is 1. The average Bonchev–Trinajstić information content (AvgIpc) is 2.59. The molecule has 1 aromatic rings. The lowest BCUT2D eigenvalue weighted by atomic mass is 9.97. The van der Waals surface area contributed by atoms with Crippen LogP contribution < -0.4 is 0 Å². The van der Waals surface area contributed by atoms with Crippen LogP contribution in [0.25, 0.3) is 0 Å². The third kappa shape index (κ3) is 1.24. The molecule has 3 aliphatic carbocycles. The molecule has 3 aliphatic rings. The van der Waals surface area contributed by atoms with Crippen molar-refractivity contribution >= 4 is 11.6 Å². The fraction of sp³-hybridized carbons (Fsp3) is 0.769. The molecule has 4 rings (SSSR count). The maximum Gasteiger partial charge on any atom is 0.100 e. The number of aromatic nitrogens is 2. The summed E-state index contributed by atoms with van der Waals surface area (Å²) in [6.07, 6.45) is 5.40. The molecule has 1 N–H and O–H groups in total. The number of hydrogen-bond donors (Lipinski definition) is 1. The standard InChI is InChI=1S/C13H17ClN2O/c1-16-12(8(14)5-15-16)13(17)11-9-6-2-3-7(4-6)10(9)11/h5-7,9-11,13,17H,2-4H2,1H3. The molecule has 2 bridgehead atoms. The zero-order chi connectivity index (χ0) is 11.7. The molecule has 1 heterocycles. The fourth-order valence-corrected chi connectivity index (χ4v) is 5.03. The molecule has 0 saturated heterocycles. The summed E-state index contributed by atoms with van der Waals surface area (Å²) in [6.45, 7) is 0. The van der Waals surface area contributed by atoms with E-state index in [1.807, 2.05) is 7.05 Å². The molecule has 17 heavy (non-hydrogen) atoms. The Morgan fingerprint density at radius 1 is 1.41 bits per heavy atom. The first-order valence-corrected chi connectivity index (χ1v) is 6.91. The topological polar surface area (TPSA) is 38.0 Å². The summed E-state index contributed by atoms with van der Waals surface area (Å²) in [5, 5.41) is 15.3. The van der Waals surface area contributed by atoms with Crippen molar-refractivity contribution in [1.29, 1.82) is 0 Å². The van der Waals surface area contributed by atoms with E-state index in [-0.39, 0.29) is 0 Å². The molecule has 0 amide bonds. The Bertz CT molecular complexity index is 436. The van der Waals surface area contributed by atoms with E-state index in [9.17, 15) is 5.11 Å². The van der Waals surface area contributed by atoms with E-state index in [4.69, 9.17) is 11.6 Å². The van der Waals surface area contributed by atoms with Crippen LogP contribution in [0, 0.1) is 29.6 Å². The van der Waals surface area contributed by atoms with Gasteiger partial charge in [0.15, 0.2) is 0 Å². The molecular formula is C13H17ClN2O. The number of hydrogen-bond acceptors (Lipinski definition) is 2. The summed E-state index contributed by atoms with van der Waals surface area (Å²) in [5.74, 6) is 3.77. The minimum atomic E-state index is -0.409. The van der Waals surface area contributed by atoms with Crippen molar-refractivity contribution in [2.75, 3.05) is 0 Å². The van der Waals surface area contributed by atoms with Crippen LogP contribution in [0.5, 0.6) is 0 Å². The van der Waals surface area contributed by atoms with E-state index >= 15 is 0 Å². The van der Waals surface area contributed by atoms with Gasteiger partial charge in [0.2, 0.25) is 0 Å². The molecule has 5 atom stereocenters. The quantitative estimate of drug-likeness (QED) is 0.878. The first kappa shape index (κ1) is 10.4. The molecule has 3 fully saturated rings. The van der Waals surface area contributed by atoms with Crippen LogP contribution in [0.15, 0.2) is 6.20 Å². The van der Waals surface area contributed by atoms with Crippen LogP contribution in [-0.4, -0.2) is 14.9 Å². The number of rotatable bonds is 2. The molecule has 0 aromatic carbocycles. The lowest BCUT2D eigenvalue weighted by Gasteiger charge is -2.16. The van der Waals surface area contributed by atoms with Crippen molar-refractivity contribution in [2.24, 2.45) is 36.6 Å². The number of nitrogens with zero attached hydrogens (tertiary/aromatic N) is 2. The first-order valence-electron chi connectivity index (χ1n) is 6.54. The van der Waals surface area contributed by atoms with Gasteiger partial charge >= 0.3 is 0 Å². The number of fused-ring (bicyclic) bond motifs is 5. The third-order valence-corrected chi connectivity index (χ3v) is 5.67. The van der Waals surface area contributed by atoms with Crippen LogP contribution in [0.2, 0.25) is 5.02 Å². The van der Waals surface area contributed by atoms with Crippen molar-refractivity contribution in [3.63, 3.8) is 0 Å². The summed E-state index contributed by atoms with van der Waals surface area (Å²) >= 11 is 6.11. The fourth-order valence-electron chi connectivity index (χ4n) is 4.75. The van der Waals surface area contributed by atoms with Crippen LogP contribution in [0.3, 0.4) is 0 Å². The Morgan fingerprint density at radius 2 is 2.06 bits per heavy atom. The van der Waals surface area contributed by atoms with E-state index in [2.05, 4.69) is 5.10 Å². The van der Waals surface area contributed by atoms with Crippen LogP contribution in [0.4, 0.5) is 0 Å². The highest BCUT2D eigenvalue weighted by molar-refractivity contribution is 6.31. The molecule has 3 nitrogen and oxygen atoms in total. The van der Waals surface area contributed by atoms with E-state index < -0.39 is 6.10 Å². The van der Waals surface area contributed by atoms with Crippen molar-refractivity contribution in [1.82, 2.24) is 9.78 Å². The van der Waals surface area contributed by atoms with Crippen molar-refractivity contribution in [3.05, 3.63) is 16.9 Å². The van der Waals surface area contributed by atoms with Gasteiger partial charge in [-0.15, -0.1) is 0 Å². The number of halogens is 1. The van der Waals surface area contributed by atoms with Gasteiger partial charge in [0.25, 0.3) is 0 Å². The van der Waals surface area contributed by atoms with Crippen molar-refractivity contribution in [3.8, 4) is 0 Å². The van der Waals surface area contributed by atoms with E-state index in [0.29, 0.717) is 10.9 Å². The second-order valence-electron chi connectivity index (χ2n) is 6.01. The maximum absolute atomic E-state index is 10.5. The first-order chi connectivity index (χ1) is 8.18. The van der Waals surface area contributed by atoms with Crippen LogP contribution in [-0.2, 0) is 7.05 Å². The molecule has 4 heteroatoms. The minimum absolute atomic E-state index is 0.409. The Balaban J connectivity index is 1.62. The van der Waals surface area contributed by atoms with Gasteiger partial charge in [-0.3, -0.25) is 4.68 Å². The molecule has 0 spiro atoms. The van der Waals surface area contributed by atoms with Gasteiger partial charge < -0.3 is 5.11 Å². The van der Waals surface area contributed by atoms with Crippen LogP contribution >= 0.6 is 11.6 Å². The van der Waals surface area contributed by atoms with Gasteiger partial charge in [-0.05, 0) is 48.9 Å². The minimum Gasteiger partial charge on any atom is -0.386 e. The van der Waals surface area contributed by atoms with Crippen molar-refractivity contribution in [2.45, 2.75) is 25.4 Å². The normalized spacial score (nSPS) is 43.8. The van der Waals surface area contributed by atoms with Gasteiger partial charge in [-0.25, -0.2) is 0 Å². The summed E-state index contributed by atoms with van der Waals surface area (Å²) in [6, 6.07) is 0. The predicted octanol–water partition coefficient (Wildman–Crippen LogP) is 2.40. The van der Waals surface area contributed by atoms with Gasteiger partial charge in [-0.1, -0.05) is 11.6 Å². The van der Waals surface area contributed by atoms with E-state index in [1.54, 1.807) is 10.9 Å².